The lowest BCUT2D eigenvalue weighted by Crippen LogP contribution is -2.25. The number of rotatable bonds is 10. The normalized spacial score (nSPS) is 12.1. The van der Waals surface area contributed by atoms with E-state index < -0.39 is 10.2 Å². The van der Waals surface area contributed by atoms with Crippen molar-refractivity contribution in [3.05, 3.63) is 72.1 Å². The van der Waals surface area contributed by atoms with Gasteiger partial charge in [-0.15, -0.1) is 0 Å². The van der Waals surface area contributed by atoms with Gasteiger partial charge in [-0.3, -0.25) is 9.44 Å². The Balaban J connectivity index is 1.69. The van der Waals surface area contributed by atoms with Crippen LogP contribution in [0.5, 0.6) is 0 Å². The largest absolute Gasteiger partial charge is 0.361 e. The molecule has 0 aliphatic rings. The number of fused-ring (bicyclic) bond motifs is 1. The molecule has 0 bridgehead atoms. The van der Waals surface area contributed by atoms with Crippen molar-refractivity contribution < 1.29 is 8.42 Å². The van der Waals surface area contributed by atoms with Gasteiger partial charge in [0.05, 0.1) is 5.69 Å². The number of benzene rings is 2. The number of nitrogens with zero attached hydrogens (tertiary/aromatic N) is 1. The van der Waals surface area contributed by atoms with Gasteiger partial charge < -0.3 is 9.88 Å². The Morgan fingerprint density at radius 3 is 2.55 bits per heavy atom. The van der Waals surface area contributed by atoms with E-state index in [2.05, 4.69) is 33.2 Å². The van der Waals surface area contributed by atoms with Crippen LogP contribution in [0.15, 0.2) is 60.9 Å². The first-order chi connectivity index (χ1) is 14.0. The van der Waals surface area contributed by atoms with Gasteiger partial charge in [0, 0.05) is 29.8 Å². The molecule has 3 N–H and O–H groups in total. The molecule has 0 amide bonds. The molecule has 0 aliphatic carbocycles. The quantitative estimate of drug-likeness (QED) is 0.472. The summed E-state index contributed by atoms with van der Waals surface area (Å²) in [6.07, 6.45) is 6.05. The second-order valence-corrected chi connectivity index (χ2v) is 8.27. The predicted molar refractivity (Wildman–Crippen MR) is 121 cm³/mol. The summed E-state index contributed by atoms with van der Waals surface area (Å²) in [4.78, 5) is 5.64. The van der Waals surface area contributed by atoms with Crippen LogP contribution >= 0.6 is 0 Å². The highest BCUT2D eigenvalue weighted by molar-refractivity contribution is 7.90. The van der Waals surface area contributed by atoms with Crippen LogP contribution in [0.4, 0.5) is 5.69 Å². The summed E-state index contributed by atoms with van der Waals surface area (Å²) in [7, 11) is -3.71. The third-order valence-electron chi connectivity index (χ3n) is 4.91. The lowest BCUT2D eigenvalue weighted by Gasteiger charge is -2.17. The first kappa shape index (κ1) is 21.0. The number of aromatic amines is 1. The first-order valence-corrected chi connectivity index (χ1v) is 11.3. The van der Waals surface area contributed by atoms with E-state index in [0.29, 0.717) is 5.69 Å². The van der Waals surface area contributed by atoms with E-state index in [1.807, 2.05) is 48.7 Å². The van der Waals surface area contributed by atoms with Crippen molar-refractivity contribution in [2.75, 3.05) is 24.4 Å². The van der Waals surface area contributed by atoms with Gasteiger partial charge in [-0.2, -0.15) is 8.42 Å². The average Bonchev–Trinajstić information content (AvgIpc) is 3.11. The van der Waals surface area contributed by atoms with Crippen LogP contribution in [0, 0.1) is 0 Å². The van der Waals surface area contributed by atoms with Gasteiger partial charge in [0.2, 0.25) is 0 Å². The number of hydrogen-bond acceptors (Lipinski definition) is 3. The monoisotopic (exact) mass is 412 g/mol. The van der Waals surface area contributed by atoms with Crippen molar-refractivity contribution in [3.63, 3.8) is 0 Å². The Morgan fingerprint density at radius 1 is 1.07 bits per heavy atom. The van der Waals surface area contributed by atoms with Crippen LogP contribution in [0.3, 0.4) is 0 Å². The number of aromatic nitrogens is 1. The van der Waals surface area contributed by atoms with E-state index in [1.54, 1.807) is 12.1 Å². The molecule has 3 rings (SSSR count). The van der Waals surface area contributed by atoms with Crippen LogP contribution in [-0.4, -0.2) is 37.9 Å². The van der Waals surface area contributed by atoms with Gasteiger partial charge in [-0.25, -0.2) is 0 Å². The smallest absolute Gasteiger partial charge is 0.321 e. The number of H-pyrrole nitrogens is 1. The molecule has 1 aromatic heterocycles. The molecule has 0 saturated heterocycles. The molecular formula is C22H28N4O2S. The lowest BCUT2D eigenvalue weighted by atomic mass is 10.1. The molecule has 3 aromatic rings. The minimum atomic E-state index is -3.71. The summed E-state index contributed by atoms with van der Waals surface area (Å²) in [5, 5.41) is 1.04. The summed E-state index contributed by atoms with van der Waals surface area (Å²) in [5.74, 6) is 0. The maximum atomic E-state index is 12.4. The summed E-state index contributed by atoms with van der Waals surface area (Å²) in [6.45, 7) is 7.33. The van der Waals surface area contributed by atoms with E-state index in [1.165, 1.54) is 11.8 Å². The Hall–Kier alpha value is -2.77. The van der Waals surface area contributed by atoms with Crippen LogP contribution in [0.25, 0.3) is 17.0 Å². The van der Waals surface area contributed by atoms with Crippen molar-refractivity contribution in [1.82, 2.24) is 14.6 Å². The zero-order chi connectivity index (χ0) is 20.7. The Labute approximate surface area is 172 Å². The van der Waals surface area contributed by atoms with Gasteiger partial charge in [-0.1, -0.05) is 44.2 Å². The molecular weight excluding hydrogens is 384 g/mol. The molecule has 6 nitrogen and oxygen atoms in total. The highest BCUT2D eigenvalue weighted by atomic mass is 32.2. The standard InChI is InChI=1S/C22H28N4O2S/c1-3-26(4-2)15-13-19-17-23-22-11-10-20(16-21(19)22)25-29(27,28)24-14-12-18-8-6-5-7-9-18/h5-12,14,16-17,23-25H,3-4,13,15H2,1-2H3/b14-12+. The second-order valence-electron chi connectivity index (χ2n) is 6.82. The van der Waals surface area contributed by atoms with E-state index >= 15 is 0 Å². The van der Waals surface area contributed by atoms with Crippen molar-refractivity contribution in [3.8, 4) is 0 Å². The molecule has 0 unspecified atom stereocenters. The summed E-state index contributed by atoms with van der Waals surface area (Å²) < 4.78 is 29.7. The lowest BCUT2D eigenvalue weighted by molar-refractivity contribution is 0.308. The molecule has 0 aliphatic heterocycles. The minimum absolute atomic E-state index is 0.529. The van der Waals surface area contributed by atoms with Gasteiger partial charge in [0.15, 0.2) is 0 Å². The molecule has 0 atom stereocenters. The fraction of sp³-hybridized carbons (Fsp3) is 0.273. The SMILES string of the molecule is CCN(CC)CCc1c[nH]c2ccc(NS(=O)(=O)N/C=C/c3ccccc3)cc12. The van der Waals surface area contributed by atoms with Crippen LogP contribution in [0.1, 0.15) is 25.0 Å². The molecule has 1 heterocycles. The molecule has 7 heteroatoms. The highest BCUT2D eigenvalue weighted by Gasteiger charge is 2.10. The summed E-state index contributed by atoms with van der Waals surface area (Å²) >= 11 is 0. The summed E-state index contributed by atoms with van der Waals surface area (Å²) in [6, 6.07) is 15.0. The molecule has 0 radical (unpaired) electrons. The van der Waals surface area contributed by atoms with Crippen molar-refractivity contribution in [1.29, 1.82) is 0 Å². The second kappa shape index (κ2) is 9.62. The predicted octanol–water partition coefficient (Wildman–Crippen LogP) is 3.97. The fourth-order valence-corrected chi connectivity index (χ4v) is 3.98. The Morgan fingerprint density at radius 2 is 1.83 bits per heavy atom. The van der Waals surface area contributed by atoms with E-state index in [9.17, 15) is 8.42 Å². The number of anilines is 1. The topological polar surface area (TPSA) is 77.2 Å². The summed E-state index contributed by atoms with van der Waals surface area (Å²) in [5.41, 5.74) is 3.63. The highest BCUT2D eigenvalue weighted by Crippen LogP contribution is 2.23. The third-order valence-corrected chi connectivity index (χ3v) is 5.86. The molecule has 29 heavy (non-hydrogen) atoms. The fourth-order valence-electron chi connectivity index (χ4n) is 3.24. The van der Waals surface area contributed by atoms with Gasteiger partial charge >= 0.3 is 10.2 Å². The maximum Gasteiger partial charge on any atom is 0.321 e. The van der Waals surface area contributed by atoms with Gasteiger partial charge in [0.25, 0.3) is 0 Å². The van der Waals surface area contributed by atoms with Crippen molar-refractivity contribution >= 4 is 32.9 Å². The molecule has 0 saturated carbocycles. The van der Waals surface area contributed by atoms with E-state index in [4.69, 9.17) is 0 Å². The van der Waals surface area contributed by atoms with Crippen molar-refractivity contribution in [2.45, 2.75) is 20.3 Å². The van der Waals surface area contributed by atoms with Crippen LogP contribution < -0.4 is 9.44 Å². The zero-order valence-electron chi connectivity index (χ0n) is 16.9. The average molecular weight is 413 g/mol. The number of hydrogen-bond donors (Lipinski definition) is 3. The molecule has 154 valence electrons. The van der Waals surface area contributed by atoms with E-state index in [-0.39, 0.29) is 0 Å². The van der Waals surface area contributed by atoms with Crippen LogP contribution in [-0.2, 0) is 16.6 Å². The van der Waals surface area contributed by atoms with Gasteiger partial charge in [0.1, 0.15) is 0 Å². The van der Waals surface area contributed by atoms with Crippen molar-refractivity contribution in [2.24, 2.45) is 0 Å². The van der Waals surface area contributed by atoms with Crippen LogP contribution in [0.2, 0.25) is 0 Å². The molecule has 0 spiro atoms. The zero-order valence-corrected chi connectivity index (χ0v) is 17.7. The minimum Gasteiger partial charge on any atom is -0.361 e. The maximum absolute atomic E-state index is 12.4. The van der Waals surface area contributed by atoms with Gasteiger partial charge in [-0.05, 0) is 54.9 Å². The Kier molecular flexibility index (Phi) is 6.95. The van der Waals surface area contributed by atoms with E-state index in [0.717, 1.165) is 42.5 Å². The number of nitrogens with one attached hydrogen (secondary N) is 3. The number of likely N-dealkylation sites (N-methyl/N-ethyl adjacent to an activating group) is 1. The first-order valence-electron chi connectivity index (χ1n) is 9.84. The molecule has 0 fully saturated rings. The Bertz CT molecular complexity index is 1050. The molecule has 2 aromatic carbocycles. The third kappa shape index (κ3) is 5.85.